The van der Waals surface area contributed by atoms with Gasteiger partial charge in [-0.05, 0) is 25.7 Å². The number of ether oxygens (including phenoxy) is 2. The van der Waals surface area contributed by atoms with Gasteiger partial charge < -0.3 is 25.2 Å². The Hall–Kier alpha value is -1.03. The van der Waals surface area contributed by atoms with Crippen molar-refractivity contribution in [1.82, 2.24) is 0 Å². The van der Waals surface area contributed by atoms with Crippen molar-refractivity contribution < 1.29 is 42.7 Å². The second kappa shape index (κ2) is 38.3. The van der Waals surface area contributed by atoms with Crippen LogP contribution in [-0.4, -0.2) is 60.5 Å². The van der Waals surface area contributed by atoms with Gasteiger partial charge in [-0.1, -0.05) is 174 Å². The first-order valence-corrected chi connectivity index (χ1v) is 23.1. The van der Waals surface area contributed by atoms with E-state index in [1.165, 1.54) is 96.3 Å². The molecule has 0 aliphatic carbocycles. The zero-order valence-electron chi connectivity index (χ0n) is 33.7. The number of unbranched alkanes of at least 4 members (excludes halogenated alkanes) is 24. The maximum absolute atomic E-state index is 12.6. The summed E-state index contributed by atoms with van der Waals surface area (Å²) in [5.74, 6) is -0.850. The van der Waals surface area contributed by atoms with E-state index in [0.29, 0.717) is 6.42 Å². The predicted molar refractivity (Wildman–Crippen MR) is 212 cm³/mol. The summed E-state index contributed by atoms with van der Waals surface area (Å²) in [6.07, 6.45) is 32.9. The molecule has 0 aliphatic heterocycles. The van der Waals surface area contributed by atoms with Crippen LogP contribution in [-0.2, 0) is 32.7 Å². The number of hydrogen-bond donors (Lipinski definition) is 3. The number of esters is 2. The van der Waals surface area contributed by atoms with Crippen LogP contribution in [0.3, 0.4) is 0 Å². The molecule has 0 saturated carbocycles. The first kappa shape index (κ1) is 51.0. The Kier molecular flexibility index (Phi) is 37.5. The predicted octanol–water partition coefficient (Wildman–Crippen LogP) is 11.0. The van der Waals surface area contributed by atoms with Crippen molar-refractivity contribution in [3.8, 4) is 0 Å². The molecule has 0 aromatic rings. The van der Waals surface area contributed by atoms with Crippen molar-refractivity contribution in [2.24, 2.45) is 5.73 Å². The van der Waals surface area contributed by atoms with Crippen LogP contribution in [0.25, 0.3) is 0 Å². The van der Waals surface area contributed by atoms with Crippen molar-refractivity contribution in [1.29, 1.82) is 0 Å². The molecule has 310 valence electrons. The largest absolute Gasteiger partial charge is 0.472 e. The number of nitrogens with two attached hydrogens (primary N) is 1. The SMILES string of the molecule is CCCCCCCCCCCCCCCCCC(=O)OCC(COP(=O)(O)OCCN)OC(=O)CCCCCCCCCCC(O)CCCCCC. The fourth-order valence-corrected chi connectivity index (χ4v) is 7.07. The number of aliphatic hydroxyl groups is 1. The Morgan fingerprint density at radius 2 is 0.942 bits per heavy atom. The zero-order valence-corrected chi connectivity index (χ0v) is 34.6. The summed E-state index contributed by atoms with van der Waals surface area (Å²) in [6.45, 7) is 3.65. The van der Waals surface area contributed by atoms with Crippen LogP contribution >= 0.6 is 7.82 Å². The van der Waals surface area contributed by atoms with Crippen LogP contribution in [0.15, 0.2) is 0 Å². The number of carbonyl (C=O) groups excluding carboxylic acids is 2. The second-order valence-electron chi connectivity index (χ2n) is 14.8. The normalized spacial score (nSPS) is 13.9. The molecule has 0 fully saturated rings. The lowest BCUT2D eigenvalue weighted by atomic mass is 10.0. The number of hydrogen-bond acceptors (Lipinski definition) is 9. The second-order valence-corrected chi connectivity index (χ2v) is 16.2. The molecule has 10 nitrogen and oxygen atoms in total. The van der Waals surface area contributed by atoms with Gasteiger partial charge in [0.05, 0.1) is 19.3 Å². The minimum Gasteiger partial charge on any atom is -0.462 e. The molecule has 4 N–H and O–H groups in total. The Balaban J connectivity index is 4.15. The molecule has 52 heavy (non-hydrogen) atoms. The smallest absolute Gasteiger partial charge is 0.462 e. The van der Waals surface area contributed by atoms with Crippen molar-refractivity contribution in [3.63, 3.8) is 0 Å². The molecule has 0 amide bonds. The molecule has 0 rings (SSSR count). The lowest BCUT2D eigenvalue weighted by Gasteiger charge is -2.19. The van der Waals surface area contributed by atoms with Crippen LogP contribution in [0.5, 0.6) is 0 Å². The summed E-state index contributed by atoms with van der Waals surface area (Å²) in [4.78, 5) is 34.8. The highest BCUT2D eigenvalue weighted by Crippen LogP contribution is 2.43. The van der Waals surface area contributed by atoms with Crippen molar-refractivity contribution >= 4 is 19.8 Å². The van der Waals surface area contributed by atoms with Crippen molar-refractivity contribution in [3.05, 3.63) is 0 Å². The van der Waals surface area contributed by atoms with Gasteiger partial charge in [0.1, 0.15) is 6.61 Å². The van der Waals surface area contributed by atoms with Gasteiger partial charge in [0.15, 0.2) is 6.10 Å². The summed E-state index contributed by atoms with van der Waals surface area (Å²) >= 11 is 0. The maximum Gasteiger partial charge on any atom is 0.472 e. The number of carbonyl (C=O) groups is 2. The van der Waals surface area contributed by atoms with E-state index in [4.69, 9.17) is 24.3 Å². The number of phosphoric ester groups is 1. The molecular weight excluding hydrogens is 681 g/mol. The van der Waals surface area contributed by atoms with Gasteiger partial charge in [-0.3, -0.25) is 18.6 Å². The fraction of sp³-hybridized carbons (Fsp3) is 0.951. The Morgan fingerprint density at radius 1 is 0.558 bits per heavy atom. The third kappa shape index (κ3) is 37.3. The highest BCUT2D eigenvalue weighted by atomic mass is 31.2. The van der Waals surface area contributed by atoms with Gasteiger partial charge in [0, 0.05) is 19.4 Å². The average Bonchev–Trinajstić information content (AvgIpc) is 3.12. The minimum atomic E-state index is -4.38. The molecule has 0 spiro atoms. The minimum absolute atomic E-state index is 0.0482. The van der Waals surface area contributed by atoms with Gasteiger partial charge in [0.25, 0.3) is 0 Å². The molecule has 11 heteroatoms. The highest BCUT2D eigenvalue weighted by Gasteiger charge is 2.26. The van der Waals surface area contributed by atoms with E-state index >= 15 is 0 Å². The summed E-state index contributed by atoms with van der Waals surface area (Å²) in [5.41, 5.74) is 5.34. The molecular formula is C41H82NO9P. The van der Waals surface area contributed by atoms with E-state index in [0.717, 1.165) is 83.5 Å². The molecule has 0 radical (unpaired) electrons. The first-order chi connectivity index (χ1) is 25.2. The molecule has 0 aromatic heterocycles. The third-order valence-corrected chi connectivity index (χ3v) is 10.6. The van der Waals surface area contributed by atoms with Crippen LogP contribution in [0.2, 0.25) is 0 Å². The summed E-state index contributed by atoms with van der Waals surface area (Å²) in [5, 5.41) is 10.1. The number of aliphatic hydroxyl groups excluding tert-OH is 1. The van der Waals surface area contributed by atoms with Gasteiger partial charge in [-0.15, -0.1) is 0 Å². The van der Waals surface area contributed by atoms with E-state index in [-0.39, 0.29) is 44.7 Å². The van der Waals surface area contributed by atoms with Crippen LogP contribution in [0.4, 0.5) is 0 Å². The van der Waals surface area contributed by atoms with Gasteiger partial charge >= 0.3 is 19.8 Å². The Labute approximate surface area is 319 Å². The quantitative estimate of drug-likeness (QED) is 0.0311. The van der Waals surface area contributed by atoms with Crippen molar-refractivity contribution in [2.75, 3.05) is 26.4 Å². The van der Waals surface area contributed by atoms with Crippen LogP contribution in [0.1, 0.15) is 213 Å². The maximum atomic E-state index is 12.6. The lowest BCUT2D eigenvalue weighted by molar-refractivity contribution is -0.161. The van der Waals surface area contributed by atoms with Gasteiger partial charge in [0.2, 0.25) is 0 Å². The van der Waals surface area contributed by atoms with E-state index in [1.54, 1.807) is 0 Å². The Morgan fingerprint density at radius 3 is 1.38 bits per heavy atom. The summed E-state index contributed by atoms with van der Waals surface area (Å²) in [7, 11) is -4.38. The molecule has 0 aliphatic rings. The molecule has 0 aromatic carbocycles. The van der Waals surface area contributed by atoms with Gasteiger partial charge in [-0.2, -0.15) is 0 Å². The van der Waals surface area contributed by atoms with E-state index in [9.17, 15) is 24.2 Å². The molecule has 3 atom stereocenters. The highest BCUT2D eigenvalue weighted by molar-refractivity contribution is 7.47. The fourth-order valence-electron chi connectivity index (χ4n) is 6.30. The van der Waals surface area contributed by atoms with Crippen LogP contribution < -0.4 is 5.73 Å². The molecule has 0 heterocycles. The zero-order chi connectivity index (χ0) is 38.4. The van der Waals surface area contributed by atoms with Gasteiger partial charge in [-0.25, -0.2) is 4.57 Å². The van der Waals surface area contributed by atoms with E-state index < -0.39 is 26.5 Å². The summed E-state index contributed by atoms with van der Waals surface area (Å²) < 4.78 is 32.7. The van der Waals surface area contributed by atoms with Crippen molar-refractivity contribution in [2.45, 2.75) is 225 Å². The van der Waals surface area contributed by atoms with E-state index in [1.807, 2.05) is 0 Å². The standard InChI is InChI=1S/C41H82NO9P/c1-3-5-7-9-10-11-12-13-14-15-16-17-21-24-28-32-40(44)48-36-39(37-50-52(46,47)49-35-34-42)51-41(45)33-29-25-22-19-18-20-23-27-31-38(43)30-26-8-6-4-2/h38-39,43H,3-37,42H2,1-2H3,(H,46,47). The molecule has 3 unspecified atom stereocenters. The average molecular weight is 764 g/mol. The Bertz CT molecular complexity index is 847. The number of phosphoric acid groups is 1. The summed E-state index contributed by atoms with van der Waals surface area (Å²) in [6, 6.07) is 0. The monoisotopic (exact) mass is 764 g/mol. The van der Waals surface area contributed by atoms with E-state index in [2.05, 4.69) is 13.8 Å². The molecule has 0 bridgehead atoms. The topological polar surface area (TPSA) is 155 Å². The molecule has 0 saturated heterocycles. The first-order valence-electron chi connectivity index (χ1n) is 21.6. The van der Waals surface area contributed by atoms with Crippen LogP contribution in [0, 0.1) is 0 Å². The third-order valence-electron chi connectivity index (χ3n) is 9.57. The number of rotatable bonds is 41. The lowest BCUT2D eigenvalue weighted by Crippen LogP contribution is -2.29.